The molecule has 134 valence electrons. The zero-order valence-corrected chi connectivity index (χ0v) is 16.2. The van der Waals surface area contributed by atoms with Crippen molar-refractivity contribution in [2.24, 2.45) is 0 Å². The number of nitro benzene ring substituents is 1. The number of hydrogen-bond donors (Lipinski definition) is 0. The summed E-state index contributed by atoms with van der Waals surface area (Å²) in [6, 6.07) is 14.0. The third-order valence-corrected chi connectivity index (χ3v) is 5.63. The van der Waals surface area contributed by atoms with E-state index in [1.54, 1.807) is 12.1 Å². The van der Waals surface area contributed by atoms with Crippen molar-refractivity contribution in [3.05, 3.63) is 90.7 Å². The van der Waals surface area contributed by atoms with Gasteiger partial charge in [-0.3, -0.25) is 19.5 Å². The Morgan fingerprint density at radius 2 is 1.81 bits per heavy atom. The molecule has 2 aromatic heterocycles. The summed E-state index contributed by atoms with van der Waals surface area (Å²) in [6.07, 6.45) is 1.52. The van der Waals surface area contributed by atoms with Gasteiger partial charge < -0.3 is 0 Å². The number of hydrogen-bond acceptors (Lipinski definition) is 5. The second kappa shape index (κ2) is 7.05. The quantitative estimate of drug-likeness (QED) is 0.335. The summed E-state index contributed by atoms with van der Waals surface area (Å²) >= 11 is 4.85. The lowest BCUT2D eigenvalue weighted by atomic mass is 10.1. The number of aromatic nitrogens is 2. The Kier molecular flexibility index (Phi) is 4.59. The summed E-state index contributed by atoms with van der Waals surface area (Å²) in [5.41, 5.74) is 2.51. The minimum Gasteiger partial charge on any atom is -0.294 e. The topological polar surface area (TPSA) is 78.0 Å². The lowest BCUT2D eigenvalue weighted by molar-refractivity contribution is -0.384. The van der Waals surface area contributed by atoms with E-state index in [1.807, 2.05) is 29.6 Å². The number of rotatable bonds is 4. The fourth-order valence-electron chi connectivity index (χ4n) is 2.84. The third kappa shape index (κ3) is 3.41. The number of halogens is 1. The van der Waals surface area contributed by atoms with E-state index in [4.69, 9.17) is 0 Å². The summed E-state index contributed by atoms with van der Waals surface area (Å²) < 4.78 is 2.50. The van der Waals surface area contributed by atoms with Crippen LogP contribution < -0.4 is 5.56 Å². The van der Waals surface area contributed by atoms with E-state index in [-0.39, 0.29) is 11.2 Å². The molecule has 0 aliphatic heterocycles. The van der Waals surface area contributed by atoms with Crippen molar-refractivity contribution in [1.29, 1.82) is 0 Å². The van der Waals surface area contributed by atoms with E-state index in [0.29, 0.717) is 16.8 Å². The van der Waals surface area contributed by atoms with Crippen molar-refractivity contribution in [2.75, 3.05) is 0 Å². The molecule has 8 heteroatoms. The van der Waals surface area contributed by atoms with Gasteiger partial charge in [0, 0.05) is 27.5 Å². The number of nitrogens with zero attached hydrogens (tertiary/aromatic N) is 3. The number of nitro groups is 1. The van der Waals surface area contributed by atoms with Gasteiger partial charge in [0.1, 0.15) is 4.83 Å². The van der Waals surface area contributed by atoms with Crippen LogP contribution in [0.4, 0.5) is 5.69 Å². The third-order valence-electron chi connectivity index (χ3n) is 4.22. The van der Waals surface area contributed by atoms with E-state index in [0.717, 1.165) is 21.2 Å². The van der Waals surface area contributed by atoms with Crippen molar-refractivity contribution in [3.8, 4) is 11.1 Å². The zero-order valence-electron chi connectivity index (χ0n) is 13.8. The van der Waals surface area contributed by atoms with Crippen molar-refractivity contribution in [1.82, 2.24) is 9.55 Å². The summed E-state index contributed by atoms with van der Waals surface area (Å²) in [4.78, 5) is 28.5. The Balaban J connectivity index is 1.75. The van der Waals surface area contributed by atoms with Crippen LogP contribution in [0.1, 0.15) is 5.56 Å². The lowest BCUT2D eigenvalue weighted by Gasteiger charge is -2.06. The highest BCUT2D eigenvalue weighted by molar-refractivity contribution is 9.10. The first-order chi connectivity index (χ1) is 13.0. The molecule has 0 saturated heterocycles. The molecule has 2 aromatic carbocycles. The normalized spacial score (nSPS) is 11.0. The van der Waals surface area contributed by atoms with Crippen LogP contribution >= 0.6 is 27.3 Å². The molecule has 0 spiro atoms. The average Bonchev–Trinajstić information content (AvgIpc) is 3.10. The second-order valence-corrected chi connectivity index (χ2v) is 7.71. The molecule has 0 radical (unpaired) electrons. The first-order valence-corrected chi connectivity index (χ1v) is 9.66. The number of thiophene rings is 1. The molecule has 6 nitrogen and oxygen atoms in total. The van der Waals surface area contributed by atoms with Gasteiger partial charge in [0.05, 0.1) is 23.2 Å². The monoisotopic (exact) mass is 441 g/mol. The van der Waals surface area contributed by atoms with Crippen molar-refractivity contribution < 1.29 is 4.92 Å². The first kappa shape index (κ1) is 17.6. The highest BCUT2D eigenvalue weighted by Crippen LogP contribution is 2.31. The molecular formula is C19H12BrN3O3S. The van der Waals surface area contributed by atoms with Gasteiger partial charge in [-0.25, -0.2) is 4.98 Å². The molecule has 0 bridgehead atoms. The predicted molar refractivity (Wildman–Crippen MR) is 109 cm³/mol. The van der Waals surface area contributed by atoms with Crippen LogP contribution in [-0.4, -0.2) is 14.5 Å². The number of fused-ring (bicyclic) bond motifs is 1. The van der Waals surface area contributed by atoms with Crippen LogP contribution in [0.2, 0.25) is 0 Å². The van der Waals surface area contributed by atoms with E-state index in [1.165, 1.54) is 34.4 Å². The van der Waals surface area contributed by atoms with Crippen molar-refractivity contribution in [2.45, 2.75) is 6.54 Å². The standard InChI is InChI=1S/C19H12BrN3O3S/c20-14-5-3-13(4-6-14)16-10-27-18-17(16)19(24)22(11-21-18)9-12-1-7-15(8-2-12)23(25)26/h1-8,10-11H,9H2. The van der Waals surface area contributed by atoms with Gasteiger partial charge in [-0.2, -0.15) is 0 Å². The summed E-state index contributed by atoms with van der Waals surface area (Å²) in [5.74, 6) is 0. The molecule has 4 rings (SSSR count). The fraction of sp³-hybridized carbons (Fsp3) is 0.0526. The van der Waals surface area contributed by atoms with Gasteiger partial charge in [-0.05, 0) is 23.3 Å². The largest absolute Gasteiger partial charge is 0.294 e. The van der Waals surface area contributed by atoms with Gasteiger partial charge in [0.2, 0.25) is 0 Å². The maximum absolute atomic E-state index is 13.0. The Labute approximate surface area is 166 Å². The van der Waals surface area contributed by atoms with Gasteiger partial charge in [-0.1, -0.05) is 40.2 Å². The van der Waals surface area contributed by atoms with E-state index >= 15 is 0 Å². The van der Waals surface area contributed by atoms with Crippen LogP contribution in [0.25, 0.3) is 21.3 Å². The lowest BCUT2D eigenvalue weighted by Crippen LogP contribution is -2.20. The van der Waals surface area contributed by atoms with Crippen LogP contribution in [0.3, 0.4) is 0 Å². The Hall–Kier alpha value is -2.84. The van der Waals surface area contributed by atoms with Crippen LogP contribution in [0, 0.1) is 10.1 Å². The minimum absolute atomic E-state index is 0.0232. The number of benzene rings is 2. The molecule has 0 amide bonds. The number of non-ortho nitro benzene ring substituents is 1. The molecule has 0 unspecified atom stereocenters. The van der Waals surface area contributed by atoms with Crippen LogP contribution in [0.15, 0.2) is 69.5 Å². The van der Waals surface area contributed by atoms with Crippen LogP contribution in [-0.2, 0) is 6.54 Å². The second-order valence-electron chi connectivity index (χ2n) is 5.94. The van der Waals surface area contributed by atoms with Crippen molar-refractivity contribution in [3.63, 3.8) is 0 Å². The van der Waals surface area contributed by atoms with E-state index in [9.17, 15) is 14.9 Å². The highest BCUT2D eigenvalue weighted by atomic mass is 79.9. The Morgan fingerprint density at radius 3 is 2.48 bits per heavy atom. The molecule has 0 aliphatic rings. The summed E-state index contributed by atoms with van der Waals surface area (Å²) in [7, 11) is 0. The zero-order chi connectivity index (χ0) is 19.0. The Morgan fingerprint density at radius 1 is 1.11 bits per heavy atom. The van der Waals surface area contributed by atoms with Gasteiger partial charge >= 0.3 is 0 Å². The first-order valence-electron chi connectivity index (χ1n) is 7.99. The maximum Gasteiger partial charge on any atom is 0.269 e. The maximum atomic E-state index is 13.0. The smallest absolute Gasteiger partial charge is 0.269 e. The molecule has 0 saturated carbocycles. The molecule has 0 fully saturated rings. The van der Waals surface area contributed by atoms with Gasteiger partial charge in [-0.15, -0.1) is 11.3 Å². The summed E-state index contributed by atoms with van der Waals surface area (Å²) in [5, 5.41) is 13.3. The molecule has 2 heterocycles. The molecule has 0 aliphatic carbocycles. The average molecular weight is 442 g/mol. The molecule has 27 heavy (non-hydrogen) atoms. The van der Waals surface area contributed by atoms with E-state index < -0.39 is 4.92 Å². The van der Waals surface area contributed by atoms with Gasteiger partial charge in [0.15, 0.2) is 0 Å². The van der Waals surface area contributed by atoms with E-state index in [2.05, 4.69) is 20.9 Å². The van der Waals surface area contributed by atoms with Crippen LogP contribution in [0.5, 0.6) is 0 Å². The predicted octanol–water partition coefficient (Wildman–Crippen LogP) is 4.84. The van der Waals surface area contributed by atoms with Gasteiger partial charge in [0.25, 0.3) is 11.2 Å². The van der Waals surface area contributed by atoms with Crippen molar-refractivity contribution >= 4 is 43.2 Å². The molecule has 4 aromatic rings. The highest BCUT2D eigenvalue weighted by Gasteiger charge is 2.14. The molecular weight excluding hydrogens is 430 g/mol. The fourth-order valence-corrected chi connectivity index (χ4v) is 4.01. The summed E-state index contributed by atoms with van der Waals surface area (Å²) in [6.45, 7) is 0.301. The molecule has 0 N–H and O–H groups in total. The molecule has 0 atom stereocenters. The SMILES string of the molecule is O=c1c2c(-c3ccc(Br)cc3)csc2ncn1Cc1ccc([N+](=O)[O-])cc1. The minimum atomic E-state index is -0.445. The Bertz CT molecular complexity index is 1200.